The van der Waals surface area contributed by atoms with Gasteiger partial charge in [0.15, 0.2) is 17.5 Å². The van der Waals surface area contributed by atoms with Gasteiger partial charge in [0.2, 0.25) is 0 Å². The third-order valence-corrected chi connectivity index (χ3v) is 12.3. The molecule has 5 heteroatoms. The zero-order chi connectivity index (χ0) is 39.3. The predicted octanol–water partition coefficient (Wildman–Crippen LogP) is 13.9. The molecule has 0 aliphatic heterocycles. The molecule has 60 heavy (non-hydrogen) atoms. The van der Waals surface area contributed by atoms with Gasteiger partial charge in [-0.3, -0.25) is 0 Å². The average molecular weight is 764 g/mol. The molecule has 0 fully saturated rings. The van der Waals surface area contributed by atoms with Crippen molar-refractivity contribution in [2.45, 2.75) is 0 Å². The molecule has 9 aromatic carbocycles. The molecule has 0 saturated heterocycles. The monoisotopic (exact) mass is 763 g/mol. The Hall–Kier alpha value is -8.15. The number of hydrogen-bond acceptors (Lipinski definition) is 3. The smallest absolute Gasteiger partial charge is 0.164 e. The Balaban J connectivity index is 1.03. The molecule has 0 radical (unpaired) electrons. The predicted molar refractivity (Wildman–Crippen MR) is 247 cm³/mol. The van der Waals surface area contributed by atoms with Gasteiger partial charge >= 0.3 is 0 Å². The van der Waals surface area contributed by atoms with Crippen molar-refractivity contribution in [2.75, 3.05) is 0 Å². The molecule has 13 rings (SSSR count). The van der Waals surface area contributed by atoms with Gasteiger partial charge in [0, 0.05) is 55.0 Å². The Kier molecular flexibility index (Phi) is 6.95. The maximum atomic E-state index is 5.16. The summed E-state index contributed by atoms with van der Waals surface area (Å²) in [6, 6.07) is 71.3. The van der Waals surface area contributed by atoms with Crippen LogP contribution in [0.2, 0.25) is 0 Å². The summed E-state index contributed by atoms with van der Waals surface area (Å²) >= 11 is 0. The van der Waals surface area contributed by atoms with Crippen LogP contribution in [-0.4, -0.2) is 24.1 Å². The molecule has 1 aliphatic carbocycles. The Morgan fingerprint density at radius 1 is 0.267 bits per heavy atom. The van der Waals surface area contributed by atoms with Gasteiger partial charge in [-0.1, -0.05) is 152 Å². The van der Waals surface area contributed by atoms with Crippen molar-refractivity contribution in [1.82, 2.24) is 24.1 Å². The first-order valence-electron chi connectivity index (χ1n) is 20.4. The van der Waals surface area contributed by atoms with Crippen LogP contribution < -0.4 is 0 Å². The number of aromatic nitrogens is 5. The Bertz CT molecular complexity index is 3680. The minimum atomic E-state index is 0.626. The maximum Gasteiger partial charge on any atom is 0.164 e. The van der Waals surface area contributed by atoms with Crippen LogP contribution in [0.3, 0.4) is 0 Å². The highest BCUT2D eigenvalue weighted by atomic mass is 15.0. The van der Waals surface area contributed by atoms with Crippen molar-refractivity contribution >= 4 is 54.4 Å². The van der Waals surface area contributed by atoms with Crippen molar-refractivity contribution in [3.63, 3.8) is 0 Å². The van der Waals surface area contributed by atoms with E-state index in [4.69, 9.17) is 15.0 Å². The van der Waals surface area contributed by atoms with E-state index in [1.807, 2.05) is 24.3 Å². The number of para-hydroxylation sites is 1. The van der Waals surface area contributed by atoms with Gasteiger partial charge < -0.3 is 9.13 Å². The van der Waals surface area contributed by atoms with E-state index in [0.29, 0.717) is 17.5 Å². The molecule has 0 bridgehead atoms. The van der Waals surface area contributed by atoms with Gasteiger partial charge in [0.25, 0.3) is 0 Å². The Morgan fingerprint density at radius 2 is 0.683 bits per heavy atom. The van der Waals surface area contributed by atoms with Crippen LogP contribution in [0.4, 0.5) is 0 Å². The molecule has 0 atom stereocenters. The minimum Gasteiger partial charge on any atom is -0.309 e. The fourth-order valence-electron chi connectivity index (χ4n) is 9.67. The van der Waals surface area contributed by atoms with Crippen LogP contribution in [0.15, 0.2) is 200 Å². The number of fused-ring (bicyclic) bond motifs is 1. The summed E-state index contributed by atoms with van der Waals surface area (Å²) in [4.78, 5) is 15.3. The lowest BCUT2D eigenvalue weighted by atomic mass is 9.98. The van der Waals surface area contributed by atoms with Crippen molar-refractivity contribution in [3.05, 3.63) is 200 Å². The molecular formula is C55H33N5. The van der Waals surface area contributed by atoms with Crippen LogP contribution in [0.5, 0.6) is 0 Å². The van der Waals surface area contributed by atoms with Crippen molar-refractivity contribution in [3.8, 4) is 67.8 Å². The zero-order valence-corrected chi connectivity index (χ0v) is 32.3. The van der Waals surface area contributed by atoms with E-state index in [1.54, 1.807) is 0 Å². The van der Waals surface area contributed by atoms with Crippen molar-refractivity contribution in [2.24, 2.45) is 0 Å². The molecule has 5 nitrogen and oxygen atoms in total. The Morgan fingerprint density at radius 3 is 1.28 bits per heavy atom. The van der Waals surface area contributed by atoms with Gasteiger partial charge in [-0.15, -0.1) is 0 Å². The van der Waals surface area contributed by atoms with Gasteiger partial charge in [-0.2, -0.15) is 0 Å². The van der Waals surface area contributed by atoms with Crippen LogP contribution in [0.1, 0.15) is 0 Å². The van der Waals surface area contributed by atoms with Gasteiger partial charge in [0.05, 0.1) is 22.1 Å². The molecule has 0 saturated carbocycles. The third-order valence-electron chi connectivity index (χ3n) is 12.3. The lowest BCUT2D eigenvalue weighted by molar-refractivity contribution is 1.07. The average Bonchev–Trinajstić information content (AvgIpc) is 3.81. The summed E-state index contributed by atoms with van der Waals surface area (Å²) in [6.07, 6.45) is 0. The molecule has 0 amide bonds. The first-order chi connectivity index (χ1) is 29.8. The van der Waals surface area contributed by atoms with Crippen molar-refractivity contribution in [1.29, 1.82) is 0 Å². The van der Waals surface area contributed by atoms with E-state index in [-0.39, 0.29) is 0 Å². The molecule has 0 unspecified atom stereocenters. The first-order valence-corrected chi connectivity index (χ1v) is 20.4. The molecule has 12 aromatic rings. The summed E-state index contributed by atoms with van der Waals surface area (Å²) in [5.74, 6) is 1.90. The quantitative estimate of drug-likeness (QED) is 0.169. The highest BCUT2D eigenvalue weighted by Crippen LogP contribution is 2.51. The zero-order valence-electron chi connectivity index (χ0n) is 32.3. The molecule has 278 valence electrons. The lowest BCUT2D eigenvalue weighted by Crippen LogP contribution is -2.01. The van der Waals surface area contributed by atoms with Gasteiger partial charge in [-0.25, -0.2) is 15.0 Å². The van der Waals surface area contributed by atoms with Crippen molar-refractivity contribution < 1.29 is 0 Å². The summed E-state index contributed by atoms with van der Waals surface area (Å²) in [5.41, 5.74) is 14.6. The standard InChI is InChI=1S/C55H33N5/c1-4-13-34(14-5-1)35-25-27-38(28-26-35)54-56-53(37-15-6-2-7-16-37)57-55(58-54)39-17-10-20-41(33-39)60-45-24-12-22-43-42-21-11-23-44-49(42)51-46(59(44)40-18-8-3-9-19-40)31-29-36-30-32-47(60)52(48(36)51)50(43)45/h1-33H. The fraction of sp³-hybridized carbons (Fsp3) is 0. The molecule has 0 N–H and O–H groups in total. The number of rotatable bonds is 6. The van der Waals surface area contributed by atoms with Gasteiger partial charge in [-0.05, 0) is 76.2 Å². The fourth-order valence-corrected chi connectivity index (χ4v) is 9.67. The maximum absolute atomic E-state index is 5.16. The summed E-state index contributed by atoms with van der Waals surface area (Å²) < 4.78 is 4.86. The Labute approximate surface area is 345 Å². The number of nitrogens with zero attached hydrogens (tertiary/aromatic N) is 5. The first kappa shape index (κ1) is 32.9. The summed E-state index contributed by atoms with van der Waals surface area (Å²) in [7, 11) is 0. The summed E-state index contributed by atoms with van der Waals surface area (Å²) in [5, 5.41) is 7.71. The van der Waals surface area contributed by atoms with E-state index in [2.05, 4.69) is 185 Å². The second-order valence-corrected chi connectivity index (χ2v) is 15.6. The molecule has 0 spiro atoms. The highest BCUT2D eigenvalue weighted by Gasteiger charge is 2.27. The highest BCUT2D eigenvalue weighted by molar-refractivity contribution is 6.38. The normalized spacial score (nSPS) is 12.0. The third kappa shape index (κ3) is 4.77. The molecule has 3 aromatic heterocycles. The lowest BCUT2D eigenvalue weighted by Gasteiger charge is -2.13. The van der Waals surface area contributed by atoms with E-state index in [1.165, 1.54) is 71.1 Å². The number of hydrogen-bond donors (Lipinski definition) is 0. The van der Waals surface area contributed by atoms with E-state index in [0.717, 1.165) is 33.6 Å². The molecular weight excluding hydrogens is 731 g/mol. The molecule has 1 aliphatic rings. The van der Waals surface area contributed by atoms with Crippen LogP contribution in [0, 0.1) is 0 Å². The SMILES string of the molecule is c1ccc(-c2ccc(-c3nc(-c4ccccc4)nc(-c4cccc(-n5c6cccc7c6c6c8c(ccc9c8c8c-7cccc8n9-c7ccccc7)ccc65)c4)n3)cc2)cc1. The van der Waals surface area contributed by atoms with Gasteiger partial charge in [0.1, 0.15) is 0 Å². The minimum absolute atomic E-state index is 0.626. The second-order valence-electron chi connectivity index (χ2n) is 15.6. The number of benzene rings is 9. The van der Waals surface area contributed by atoms with Crippen LogP contribution >= 0.6 is 0 Å². The largest absolute Gasteiger partial charge is 0.309 e. The topological polar surface area (TPSA) is 48.5 Å². The van der Waals surface area contributed by atoms with Crippen LogP contribution in [-0.2, 0) is 0 Å². The summed E-state index contributed by atoms with van der Waals surface area (Å²) in [6.45, 7) is 0. The second kappa shape index (κ2) is 12.7. The molecule has 3 heterocycles. The van der Waals surface area contributed by atoms with E-state index in [9.17, 15) is 0 Å². The van der Waals surface area contributed by atoms with E-state index >= 15 is 0 Å². The van der Waals surface area contributed by atoms with E-state index < -0.39 is 0 Å². The van der Waals surface area contributed by atoms with Crippen LogP contribution in [0.25, 0.3) is 122 Å².